The van der Waals surface area contributed by atoms with Gasteiger partial charge in [0.2, 0.25) is 5.91 Å². The Labute approximate surface area is 53.0 Å². The lowest BCUT2D eigenvalue weighted by Crippen LogP contribution is -2.13. The van der Waals surface area contributed by atoms with Gasteiger partial charge in [-0.25, -0.2) is 0 Å². The van der Waals surface area contributed by atoms with Crippen molar-refractivity contribution in [2.24, 2.45) is 5.73 Å². The van der Waals surface area contributed by atoms with Gasteiger partial charge in [0.1, 0.15) is 12.6 Å². The number of primary amides is 1. The second kappa shape index (κ2) is 6.81. The molecule has 1 amide bonds. The molecule has 0 saturated carbocycles. The molecule has 0 aliphatic rings. The first-order valence-corrected chi connectivity index (χ1v) is 2.19. The first-order chi connectivity index (χ1) is 4.13. The first-order valence-electron chi connectivity index (χ1n) is 2.19. The highest BCUT2D eigenvalue weighted by Crippen LogP contribution is 1.75. The summed E-state index contributed by atoms with van der Waals surface area (Å²) in [6.45, 7) is 3.32. The molecule has 0 saturated heterocycles. The van der Waals surface area contributed by atoms with Crippen molar-refractivity contribution in [3.8, 4) is 0 Å². The van der Waals surface area contributed by atoms with Crippen LogP contribution in [0.1, 0.15) is 13.3 Å². The van der Waals surface area contributed by atoms with E-state index < -0.39 is 5.91 Å². The predicted octanol–water partition coefficient (Wildman–Crippen LogP) is -0.734. The fourth-order valence-electron chi connectivity index (χ4n) is 0.245. The van der Waals surface area contributed by atoms with E-state index in [0.717, 1.165) is 0 Å². The summed E-state index contributed by atoms with van der Waals surface area (Å²) in [7, 11) is 0. The zero-order valence-electron chi connectivity index (χ0n) is 5.22. The van der Waals surface area contributed by atoms with Crippen LogP contribution < -0.4 is 5.73 Å². The summed E-state index contributed by atoms with van der Waals surface area (Å²) in [6.07, 6.45) is -0.139. The van der Waals surface area contributed by atoms with Crippen molar-refractivity contribution in [3.63, 3.8) is 0 Å². The topological polar surface area (TPSA) is 77.2 Å². The Bertz CT molecular complexity index is 98.8. The van der Waals surface area contributed by atoms with Crippen LogP contribution in [0.5, 0.6) is 0 Å². The highest BCUT2D eigenvalue weighted by atomic mass is 16.2. The summed E-state index contributed by atoms with van der Waals surface area (Å²) < 4.78 is 0. The predicted molar refractivity (Wildman–Crippen MR) is 31.6 cm³/mol. The summed E-state index contributed by atoms with van der Waals surface area (Å²) in [6, 6.07) is 0. The van der Waals surface area contributed by atoms with Gasteiger partial charge >= 0.3 is 0 Å². The standard InChI is InChI=1S/C4H7NO2.CH2O/c1-3(6)2-4(5)7;1-2/h2H2,1H3,(H2,5,7);1H2. The van der Waals surface area contributed by atoms with E-state index in [9.17, 15) is 9.59 Å². The van der Waals surface area contributed by atoms with E-state index in [0.29, 0.717) is 0 Å². The molecule has 0 spiro atoms. The Balaban J connectivity index is 0. The molecule has 0 aliphatic heterocycles. The van der Waals surface area contributed by atoms with Crippen molar-refractivity contribution in [2.45, 2.75) is 13.3 Å². The van der Waals surface area contributed by atoms with Crippen LogP contribution in [0.4, 0.5) is 0 Å². The molecule has 0 unspecified atom stereocenters. The fourth-order valence-corrected chi connectivity index (χ4v) is 0.245. The molecule has 52 valence electrons. The smallest absolute Gasteiger partial charge is 0.224 e. The molecule has 0 fully saturated rings. The summed E-state index contributed by atoms with van der Waals surface area (Å²) in [5.41, 5.74) is 4.63. The summed E-state index contributed by atoms with van der Waals surface area (Å²) in [5, 5.41) is 0. The van der Waals surface area contributed by atoms with Crippen LogP contribution >= 0.6 is 0 Å². The molecular weight excluding hydrogens is 122 g/mol. The average Bonchev–Trinajstić information content (AvgIpc) is 1.68. The molecule has 2 N–H and O–H groups in total. The van der Waals surface area contributed by atoms with Crippen molar-refractivity contribution < 1.29 is 14.4 Å². The van der Waals surface area contributed by atoms with Gasteiger partial charge in [-0.2, -0.15) is 0 Å². The van der Waals surface area contributed by atoms with E-state index in [4.69, 9.17) is 4.79 Å². The Morgan fingerprint density at radius 3 is 1.78 bits per heavy atom. The largest absolute Gasteiger partial charge is 0.369 e. The summed E-state index contributed by atoms with van der Waals surface area (Å²) in [5.74, 6) is -0.750. The van der Waals surface area contributed by atoms with Crippen molar-refractivity contribution >= 4 is 18.5 Å². The molecule has 0 heterocycles. The number of carbonyl (C=O) groups excluding carboxylic acids is 3. The maximum atomic E-state index is 9.95. The van der Waals surface area contributed by atoms with Crippen LogP contribution in [-0.4, -0.2) is 18.5 Å². The molecule has 0 rings (SSSR count). The molecule has 0 bridgehead atoms. The first kappa shape index (κ1) is 10.7. The van der Waals surface area contributed by atoms with Crippen molar-refractivity contribution in [3.05, 3.63) is 0 Å². The van der Waals surface area contributed by atoms with Crippen molar-refractivity contribution in [2.75, 3.05) is 0 Å². The van der Waals surface area contributed by atoms with Gasteiger partial charge in [0, 0.05) is 0 Å². The number of rotatable bonds is 2. The molecule has 0 aromatic carbocycles. The average molecular weight is 131 g/mol. The normalized spacial score (nSPS) is 6.78. The highest BCUT2D eigenvalue weighted by Gasteiger charge is 1.95. The lowest BCUT2D eigenvalue weighted by atomic mass is 10.3. The van der Waals surface area contributed by atoms with E-state index in [-0.39, 0.29) is 12.2 Å². The molecule has 0 atom stereocenters. The molecule has 4 nitrogen and oxygen atoms in total. The zero-order valence-corrected chi connectivity index (χ0v) is 5.22. The maximum absolute atomic E-state index is 9.95. The van der Waals surface area contributed by atoms with Crippen LogP contribution in [0.2, 0.25) is 0 Å². The molecule has 0 aliphatic carbocycles. The maximum Gasteiger partial charge on any atom is 0.224 e. The minimum atomic E-state index is -0.562. The Morgan fingerprint density at radius 1 is 1.44 bits per heavy atom. The van der Waals surface area contributed by atoms with Gasteiger partial charge in [-0.3, -0.25) is 9.59 Å². The third-order valence-corrected chi connectivity index (χ3v) is 0.423. The van der Waals surface area contributed by atoms with E-state index >= 15 is 0 Å². The number of hydrogen-bond donors (Lipinski definition) is 1. The minimum absolute atomic E-state index is 0.139. The SMILES string of the molecule is C=O.CC(=O)CC(N)=O. The van der Waals surface area contributed by atoms with Crippen molar-refractivity contribution in [1.29, 1.82) is 0 Å². The number of amides is 1. The van der Waals surface area contributed by atoms with Gasteiger partial charge in [-0.15, -0.1) is 0 Å². The Morgan fingerprint density at radius 2 is 1.78 bits per heavy atom. The highest BCUT2D eigenvalue weighted by molar-refractivity contribution is 5.95. The monoisotopic (exact) mass is 131 g/mol. The van der Waals surface area contributed by atoms with Gasteiger partial charge in [0.15, 0.2) is 0 Å². The molecule has 0 aromatic heterocycles. The molecule has 4 heteroatoms. The minimum Gasteiger partial charge on any atom is -0.369 e. The third-order valence-electron chi connectivity index (χ3n) is 0.423. The van der Waals surface area contributed by atoms with Crippen LogP contribution in [0.3, 0.4) is 0 Å². The number of Topliss-reactive ketones (excluding diaryl/α,β-unsaturated/α-hetero) is 1. The van der Waals surface area contributed by atoms with Gasteiger partial charge in [0.05, 0.1) is 6.42 Å². The third kappa shape index (κ3) is 20.0. The van der Waals surface area contributed by atoms with Crippen molar-refractivity contribution in [1.82, 2.24) is 0 Å². The van der Waals surface area contributed by atoms with Gasteiger partial charge in [-0.1, -0.05) is 0 Å². The second-order valence-electron chi connectivity index (χ2n) is 1.35. The number of nitrogens with two attached hydrogens (primary N) is 1. The van der Waals surface area contributed by atoms with Crippen LogP contribution in [0.15, 0.2) is 0 Å². The summed E-state index contributed by atoms with van der Waals surface area (Å²) >= 11 is 0. The Kier molecular flexibility index (Phi) is 8.12. The van der Waals surface area contributed by atoms with E-state index in [1.54, 1.807) is 0 Å². The van der Waals surface area contributed by atoms with Crippen LogP contribution in [0, 0.1) is 0 Å². The van der Waals surface area contributed by atoms with Gasteiger partial charge in [0.25, 0.3) is 0 Å². The number of carbonyl (C=O) groups is 3. The quantitative estimate of drug-likeness (QED) is 0.501. The lowest BCUT2D eigenvalue weighted by molar-refractivity contribution is -0.125. The molecule has 0 aromatic rings. The lowest BCUT2D eigenvalue weighted by Gasteiger charge is -1.82. The van der Waals surface area contributed by atoms with E-state index in [1.165, 1.54) is 6.92 Å². The second-order valence-corrected chi connectivity index (χ2v) is 1.35. The molecule has 0 radical (unpaired) electrons. The number of hydrogen-bond acceptors (Lipinski definition) is 3. The van der Waals surface area contributed by atoms with Crippen LogP contribution in [0.25, 0.3) is 0 Å². The zero-order chi connectivity index (χ0) is 7.86. The number of ketones is 1. The van der Waals surface area contributed by atoms with Gasteiger partial charge < -0.3 is 10.5 Å². The van der Waals surface area contributed by atoms with E-state index in [2.05, 4.69) is 5.73 Å². The van der Waals surface area contributed by atoms with Gasteiger partial charge in [-0.05, 0) is 6.92 Å². The summed E-state index contributed by atoms with van der Waals surface area (Å²) in [4.78, 5) is 27.8. The molecular formula is C5H9NO3. The van der Waals surface area contributed by atoms with E-state index in [1.807, 2.05) is 6.79 Å². The fraction of sp³-hybridized carbons (Fsp3) is 0.400. The van der Waals surface area contributed by atoms with Crippen LogP contribution in [-0.2, 0) is 14.4 Å². The Hall–Kier alpha value is -1.19. The molecule has 9 heavy (non-hydrogen) atoms.